The number of carbonyl (C=O) groups is 2. The first-order chi connectivity index (χ1) is 12.7. The van der Waals surface area contributed by atoms with Gasteiger partial charge in [0.2, 0.25) is 0 Å². The van der Waals surface area contributed by atoms with Crippen LogP contribution in [0.25, 0.3) is 0 Å². The standard InChI is InChI=1S/C16H11F3N4O4/c17-16(18,19)11-5-3-6-12(8-11)21-14(24)15(25)22-20-9-10-4-1-2-7-13(10)23(26)27/h1-9H,(H,21,24)(H,22,25)/b20-9-. The molecule has 2 aromatic carbocycles. The lowest BCUT2D eigenvalue weighted by Gasteiger charge is -2.09. The zero-order valence-electron chi connectivity index (χ0n) is 13.4. The highest BCUT2D eigenvalue weighted by Gasteiger charge is 2.30. The third-order valence-electron chi connectivity index (χ3n) is 3.16. The van der Waals surface area contributed by atoms with Gasteiger partial charge in [0, 0.05) is 11.8 Å². The molecular formula is C16H11F3N4O4. The first-order valence-corrected chi connectivity index (χ1v) is 7.23. The van der Waals surface area contributed by atoms with Crippen LogP contribution in [-0.4, -0.2) is 23.0 Å². The summed E-state index contributed by atoms with van der Waals surface area (Å²) >= 11 is 0. The number of carbonyl (C=O) groups excluding carboxylic acids is 2. The molecule has 0 aliphatic rings. The van der Waals surface area contributed by atoms with Crippen LogP contribution in [0, 0.1) is 10.1 Å². The Morgan fingerprint density at radius 2 is 1.78 bits per heavy atom. The Morgan fingerprint density at radius 1 is 1.07 bits per heavy atom. The van der Waals surface area contributed by atoms with E-state index >= 15 is 0 Å². The molecule has 0 heterocycles. The van der Waals surface area contributed by atoms with Gasteiger partial charge >= 0.3 is 18.0 Å². The number of nitrogens with zero attached hydrogens (tertiary/aromatic N) is 2. The van der Waals surface area contributed by atoms with Crippen molar-refractivity contribution in [3.63, 3.8) is 0 Å². The summed E-state index contributed by atoms with van der Waals surface area (Å²) in [5.41, 5.74) is 0.440. The highest BCUT2D eigenvalue weighted by Crippen LogP contribution is 2.30. The maximum atomic E-state index is 12.6. The summed E-state index contributed by atoms with van der Waals surface area (Å²) in [6.07, 6.45) is -3.63. The maximum absolute atomic E-state index is 12.6. The number of hydrogen-bond acceptors (Lipinski definition) is 5. The second-order valence-electron chi connectivity index (χ2n) is 5.05. The minimum absolute atomic E-state index is 0.0843. The predicted molar refractivity (Wildman–Crippen MR) is 88.9 cm³/mol. The summed E-state index contributed by atoms with van der Waals surface area (Å²) in [7, 11) is 0. The number of nitro benzene ring substituents is 1. The van der Waals surface area contributed by atoms with Crippen LogP contribution in [0.5, 0.6) is 0 Å². The van der Waals surface area contributed by atoms with Crippen LogP contribution < -0.4 is 10.7 Å². The summed E-state index contributed by atoms with van der Waals surface area (Å²) in [4.78, 5) is 33.5. The van der Waals surface area contributed by atoms with Crippen molar-refractivity contribution in [2.24, 2.45) is 5.10 Å². The Kier molecular flexibility index (Phi) is 5.85. The van der Waals surface area contributed by atoms with Crippen LogP contribution in [0.4, 0.5) is 24.5 Å². The van der Waals surface area contributed by atoms with Crippen LogP contribution in [0.1, 0.15) is 11.1 Å². The van der Waals surface area contributed by atoms with Crippen LogP contribution in [-0.2, 0) is 15.8 Å². The number of hydrogen-bond donors (Lipinski definition) is 2. The molecule has 0 aliphatic carbocycles. The van der Waals surface area contributed by atoms with Gasteiger partial charge in [0.1, 0.15) is 0 Å². The highest BCUT2D eigenvalue weighted by atomic mass is 19.4. The molecule has 0 aromatic heterocycles. The van der Waals surface area contributed by atoms with Gasteiger partial charge < -0.3 is 5.32 Å². The number of amides is 2. The largest absolute Gasteiger partial charge is 0.416 e. The molecule has 0 spiro atoms. The average Bonchev–Trinajstić information content (AvgIpc) is 2.61. The number of nitro groups is 1. The predicted octanol–water partition coefficient (Wildman–Crippen LogP) is 2.70. The first-order valence-electron chi connectivity index (χ1n) is 7.23. The minimum Gasteiger partial charge on any atom is -0.318 e. The summed E-state index contributed by atoms with van der Waals surface area (Å²) in [6, 6.07) is 9.28. The molecule has 0 aliphatic heterocycles. The van der Waals surface area contributed by atoms with Crippen molar-refractivity contribution >= 4 is 29.4 Å². The van der Waals surface area contributed by atoms with E-state index in [2.05, 4.69) is 5.10 Å². The Balaban J connectivity index is 2.01. The third-order valence-corrected chi connectivity index (χ3v) is 3.16. The van der Waals surface area contributed by atoms with E-state index < -0.39 is 28.5 Å². The Morgan fingerprint density at radius 3 is 2.44 bits per heavy atom. The number of para-hydroxylation sites is 1. The van der Waals surface area contributed by atoms with Crippen molar-refractivity contribution in [1.29, 1.82) is 0 Å². The van der Waals surface area contributed by atoms with E-state index in [4.69, 9.17) is 0 Å². The second-order valence-corrected chi connectivity index (χ2v) is 5.05. The van der Waals surface area contributed by atoms with Crippen molar-refractivity contribution in [3.8, 4) is 0 Å². The molecule has 2 rings (SSSR count). The van der Waals surface area contributed by atoms with Gasteiger partial charge in [-0.3, -0.25) is 19.7 Å². The zero-order valence-corrected chi connectivity index (χ0v) is 13.4. The van der Waals surface area contributed by atoms with Crippen molar-refractivity contribution in [1.82, 2.24) is 5.43 Å². The SMILES string of the molecule is O=C(N/N=C\c1ccccc1[N+](=O)[O-])C(=O)Nc1cccc(C(F)(F)F)c1. The lowest BCUT2D eigenvalue weighted by molar-refractivity contribution is -0.385. The molecular weight excluding hydrogens is 369 g/mol. The Bertz CT molecular complexity index is 913. The van der Waals surface area contributed by atoms with Gasteiger partial charge in [0.15, 0.2) is 0 Å². The van der Waals surface area contributed by atoms with E-state index in [0.717, 1.165) is 18.3 Å². The molecule has 2 amide bonds. The van der Waals surface area contributed by atoms with Gasteiger partial charge in [-0.05, 0) is 24.3 Å². The number of nitrogens with one attached hydrogen (secondary N) is 2. The lowest BCUT2D eigenvalue weighted by Crippen LogP contribution is -2.32. The summed E-state index contributed by atoms with van der Waals surface area (Å²) in [5, 5.41) is 16.3. The monoisotopic (exact) mass is 380 g/mol. The fourth-order valence-corrected chi connectivity index (χ4v) is 1.94. The number of hydrazone groups is 1. The van der Waals surface area contributed by atoms with Gasteiger partial charge in [0.25, 0.3) is 5.69 Å². The van der Waals surface area contributed by atoms with Gasteiger partial charge in [-0.2, -0.15) is 18.3 Å². The smallest absolute Gasteiger partial charge is 0.318 e. The second kappa shape index (κ2) is 8.08. The molecule has 0 saturated heterocycles. The molecule has 0 fully saturated rings. The fourth-order valence-electron chi connectivity index (χ4n) is 1.94. The van der Waals surface area contributed by atoms with E-state index in [1.807, 2.05) is 10.7 Å². The molecule has 2 aromatic rings. The lowest BCUT2D eigenvalue weighted by atomic mass is 10.2. The number of benzene rings is 2. The number of halogens is 3. The molecule has 0 unspecified atom stereocenters. The first kappa shape index (κ1) is 19.6. The molecule has 0 saturated carbocycles. The van der Waals surface area contributed by atoms with E-state index in [0.29, 0.717) is 6.07 Å². The Hall–Kier alpha value is -3.76. The molecule has 8 nitrogen and oxygen atoms in total. The topological polar surface area (TPSA) is 114 Å². The Labute approximate surface area is 149 Å². The number of anilines is 1. The molecule has 140 valence electrons. The quantitative estimate of drug-likeness (QED) is 0.367. The summed E-state index contributed by atoms with van der Waals surface area (Å²) in [5.74, 6) is -2.52. The van der Waals surface area contributed by atoms with Gasteiger partial charge in [-0.1, -0.05) is 18.2 Å². The highest BCUT2D eigenvalue weighted by molar-refractivity contribution is 6.39. The number of rotatable bonds is 4. The van der Waals surface area contributed by atoms with E-state index in [-0.39, 0.29) is 16.9 Å². The van der Waals surface area contributed by atoms with E-state index in [1.54, 1.807) is 0 Å². The average molecular weight is 380 g/mol. The van der Waals surface area contributed by atoms with Crippen LogP contribution in [0.15, 0.2) is 53.6 Å². The third kappa shape index (κ3) is 5.36. The van der Waals surface area contributed by atoms with E-state index in [1.165, 1.54) is 30.3 Å². The normalized spacial score (nSPS) is 11.2. The minimum atomic E-state index is -4.60. The van der Waals surface area contributed by atoms with Crippen molar-refractivity contribution in [2.45, 2.75) is 6.18 Å². The van der Waals surface area contributed by atoms with Crippen LogP contribution in [0.3, 0.4) is 0 Å². The van der Waals surface area contributed by atoms with Crippen LogP contribution >= 0.6 is 0 Å². The molecule has 0 radical (unpaired) electrons. The molecule has 0 bridgehead atoms. The van der Waals surface area contributed by atoms with Gasteiger partial charge in [-0.25, -0.2) is 5.43 Å². The van der Waals surface area contributed by atoms with Crippen molar-refractivity contribution in [3.05, 3.63) is 69.8 Å². The molecule has 0 atom stereocenters. The van der Waals surface area contributed by atoms with Crippen molar-refractivity contribution in [2.75, 3.05) is 5.32 Å². The van der Waals surface area contributed by atoms with Crippen LogP contribution in [0.2, 0.25) is 0 Å². The zero-order chi connectivity index (χ0) is 20.0. The molecule has 27 heavy (non-hydrogen) atoms. The molecule has 11 heteroatoms. The molecule has 2 N–H and O–H groups in total. The summed E-state index contributed by atoms with van der Waals surface area (Å²) in [6.45, 7) is 0. The van der Waals surface area contributed by atoms with Gasteiger partial charge in [-0.15, -0.1) is 0 Å². The van der Waals surface area contributed by atoms with Gasteiger partial charge in [0.05, 0.1) is 22.3 Å². The summed E-state index contributed by atoms with van der Waals surface area (Å²) < 4.78 is 37.9. The number of alkyl halides is 3. The van der Waals surface area contributed by atoms with Crippen molar-refractivity contribution < 1.29 is 27.7 Å². The maximum Gasteiger partial charge on any atom is 0.416 e. The van der Waals surface area contributed by atoms with E-state index in [9.17, 15) is 32.9 Å². The fraction of sp³-hybridized carbons (Fsp3) is 0.0625.